The third kappa shape index (κ3) is 5.06. The van der Waals surface area contributed by atoms with Crippen molar-refractivity contribution in [2.45, 2.75) is 6.16 Å². The van der Waals surface area contributed by atoms with E-state index in [-0.39, 0.29) is 23.6 Å². The number of ether oxygens (including phenoxy) is 1. The molecule has 158 valence electrons. The standard InChI is InChI=1S/C27H25FOP.BrH/c28-20-21-29-26-18-10-11-19-27(26)30(24-14-6-2-7-15-24,25-16-8-3-9-17-25)22-23-12-4-1-5-13-23;/h1-19H,20-22H2;1H/q+1;/p-1/i28-1;. The molecular weight excluding hydrogens is 469 g/mol. The molecule has 0 radical (unpaired) electrons. The van der Waals surface area contributed by atoms with E-state index in [1.165, 1.54) is 16.2 Å². The van der Waals surface area contributed by atoms with E-state index in [4.69, 9.17) is 4.74 Å². The summed E-state index contributed by atoms with van der Waals surface area (Å²) >= 11 is 0. The lowest BCUT2D eigenvalue weighted by Gasteiger charge is -2.29. The number of para-hydroxylation sites is 1. The number of alkyl halides is 1. The maximum absolute atomic E-state index is 13.0. The van der Waals surface area contributed by atoms with E-state index in [9.17, 15) is 4.39 Å². The van der Waals surface area contributed by atoms with Crippen LogP contribution in [0.15, 0.2) is 115 Å². The van der Waals surface area contributed by atoms with Crippen molar-refractivity contribution in [3.63, 3.8) is 0 Å². The largest absolute Gasteiger partial charge is 1.00 e. The Morgan fingerprint density at radius 1 is 0.613 bits per heavy atom. The maximum atomic E-state index is 13.0. The predicted octanol–water partition coefficient (Wildman–Crippen LogP) is 2.53. The molecule has 0 atom stereocenters. The zero-order valence-corrected chi connectivity index (χ0v) is 19.7. The molecule has 4 aromatic rings. The molecular formula is C27H25BrFOP. The van der Waals surface area contributed by atoms with Crippen LogP contribution in [-0.4, -0.2) is 13.3 Å². The Balaban J connectivity index is 0.00000272. The summed E-state index contributed by atoms with van der Waals surface area (Å²) in [4.78, 5) is 0. The van der Waals surface area contributed by atoms with E-state index in [2.05, 4.69) is 97.1 Å². The van der Waals surface area contributed by atoms with Crippen LogP contribution in [0.5, 0.6) is 5.75 Å². The van der Waals surface area contributed by atoms with Crippen LogP contribution in [-0.2, 0) is 6.16 Å². The normalized spacial score (nSPS) is 10.9. The molecule has 0 aliphatic rings. The smallest absolute Gasteiger partial charge is 0.162 e. The Hall–Kier alpha value is -2.48. The first-order chi connectivity index (χ1) is 14.8. The number of hydrogen-bond acceptors (Lipinski definition) is 1. The van der Waals surface area contributed by atoms with Crippen LogP contribution in [0.1, 0.15) is 5.56 Å². The van der Waals surface area contributed by atoms with Gasteiger partial charge < -0.3 is 21.7 Å². The quantitative estimate of drug-likeness (QED) is 0.343. The highest BCUT2D eigenvalue weighted by molar-refractivity contribution is 7.95. The third-order valence-electron chi connectivity index (χ3n) is 5.27. The van der Waals surface area contributed by atoms with E-state index in [0.29, 0.717) is 0 Å². The van der Waals surface area contributed by atoms with Crippen molar-refractivity contribution < 1.29 is 26.1 Å². The first-order valence-corrected chi connectivity index (χ1v) is 12.1. The summed E-state index contributed by atoms with van der Waals surface area (Å²) in [5, 5.41) is 3.73. The highest BCUT2D eigenvalue weighted by atomic mass is 79.9. The lowest BCUT2D eigenvalue weighted by molar-refractivity contribution is -0.00000665. The average molecular weight is 494 g/mol. The summed E-state index contributed by atoms with van der Waals surface area (Å²) in [6, 6.07) is 40.1. The Labute approximate surface area is 195 Å². The van der Waals surface area contributed by atoms with Gasteiger partial charge in [-0.2, -0.15) is 0 Å². The molecule has 0 heterocycles. The molecule has 0 aliphatic carbocycles. The van der Waals surface area contributed by atoms with Crippen LogP contribution in [0.25, 0.3) is 0 Å². The zero-order chi connectivity index (χ0) is 20.7. The van der Waals surface area contributed by atoms with Gasteiger partial charge in [-0.15, -0.1) is 0 Å². The average Bonchev–Trinajstić information content (AvgIpc) is 2.83. The number of hydrogen-bond donors (Lipinski definition) is 0. The van der Waals surface area contributed by atoms with Gasteiger partial charge in [0, 0.05) is 0 Å². The molecule has 4 rings (SSSR count). The van der Waals surface area contributed by atoms with Crippen LogP contribution >= 0.6 is 7.26 Å². The SMILES string of the molecule is [18F]CCOc1ccccc1[P+](Cc1ccccc1)(c1ccccc1)c1ccccc1.[Br-]. The minimum atomic E-state index is -2.10. The van der Waals surface area contributed by atoms with Crippen molar-refractivity contribution in [3.05, 3.63) is 121 Å². The lowest BCUT2D eigenvalue weighted by atomic mass is 10.2. The van der Waals surface area contributed by atoms with Gasteiger partial charge in [-0.1, -0.05) is 78.9 Å². The predicted molar refractivity (Wildman–Crippen MR) is 127 cm³/mol. The molecule has 0 unspecified atom stereocenters. The molecule has 0 saturated carbocycles. The molecule has 0 bridgehead atoms. The van der Waals surface area contributed by atoms with Crippen molar-refractivity contribution in [1.82, 2.24) is 0 Å². The summed E-state index contributed by atoms with van der Waals surface area (Å²) in [6.45, 7) is -0.443. The number of halogens is 2. The van der Waals surface area contributed by atoms with E-state index < -0.39 is 13.9 Å². The van der Waals surface area contributed by atoms with Crippen LogP contribution in [0.4, 0.5) is 4.39 Å². The van der Waals surface area contributed by atoms with Crippen molar-refractivity contribution in [2.24, 2.45) is 0 Å². The fourth-order valence-electron chi connectivity index (χ4n) is 3.96. The van der Waals surface area contributed by atoms with Crippen LogP contribution in [0, 0.1) is 0 Å². The molecule has 4 aromatic carbocycles. The topological polar surface area (TPSA) is 9.23 Å². The minimum absolute atomic E-state index is 0. The highest BCUT2D eigenvalue weighted by Gasteiger charge is 2.47. The molecule has 0 N–H and O–H groups in total. The fraction of sp³-hybridized carbons (Fsp3) is 0.111. The summed E-state index contributed by atoms with van der Waals surface area (Å²) < 4.78 is 18.9. The number of benzene rings is 4. The van der Waals surface area contributed by atoms with Gasteiger partial charge in [-0.25, -0.2) is 4.39 Å². The second-order valence-corrected chi connectivity index (χ2v) is 10.6. The number of rotatable bonds is 8. The fourth-order valence-corrected chi connectivity index (χ4v) is 8.33. The van der Waals surface area contributed by atoms with Crippen LogP contribution in [0.3, 0.4) is 0 Å². The maximum Gasteiger partial charge on any atom is 0.162 e. The van der Waals surface area contributed by atoms with Gasteiger partial charge in [0.2, 0.25) is 0 Å². The van der Waals surface area contributed by atoms with E-state index in [0.717, 1.165) is 17.2 Å². The van der Waals surface area contributed by atoms with E-state index in [1.807, 2.05) is 18.2 Å². The summed E-state index contributed by atoms with van der Waals surface area (Å²) in [6.07, 6.45) is 0.873. The molecule has 31 heavy (non-hydrogen) atoms. The first kappa shape index (κ1) is 23.2. The minimum Gasteiger partial charge on any atom is -1.00 e. The summed E-state index contributed by atoms with van der Waals surface area (Å²) in [5.41, 5.74) is 1.28. The summed E-state index contributed by atoms with van der Waals surface area (Å²) in [7, 11) is -2.10. The van der Waals surface area contributed by atoms with Gasteiger partial charge in [-0.05, 0) is 42.0 Å². The molecule has 0 fully saturated rings. The van der Waals surface area contributed by atoms with Gasteiger partial charge in [0.1, 0.15) is 36.5 Å². The van der Waals surface area contributed by atoms with E-state index >= 15 is 0 Å². The molecule has 0 amide bonds. The zero-order valence-electron chi connectivity index (χ0n) is 17.2. The van der Waals surface area contributed by atoms with Crippen molar-refractivity contribution in [2.75, 3.05) is 13.3 Å². The molecule has 0 spiro atoms. The molecule has 0 aromatic heterocycles. The Bertz CT molecular complexity index is 1020. The van der Waals surface area contributed by atoms with Gasteiger partial charge in [0.15, 0.2) is 5.75 Å². The Kier molecular flexibility index (Phi) is 8.40. The van der Waals surface area contributed by atoms with E-state index in [1.54, 1.807) is 0 Å². The van der Waals surface area contributed by atoms with Crippen molar-refractivity contribution in [3.8, 4) is 5.75 Å². The Morgan fingerprint density at radius 3 is 1.65 bits per heavy atom. The van der Waals surface area contributed by atoms with Crippen LogP contribution in [0.2, 0.25) is 0 Å². The molecule has 1 nitrogen and oxygen atoms in total. The molecule has 0 aliphatic heterocycles. The molecule has 4 heteroatoms. The van der Waals surface area contributed by atoms with Gasteiger partial charge >= 0.3 is 0 Å². The molecule has 0 saturated heterocycles. The second kappa shape index (κ2) is 11.2. The summed E-state index contributed by atoms with van der Waals surface area (Å²) in [5.74, 6) is 0.770. The monoisotopic (exact) mass is 493 g/mol. The van der Waals surface area contributed by atoms with Gasteiger partial charge in [0.05, 0.1) is 6.16 Å². The van der Waals surface area contributed by atoms with Crippen molar-refractivity contribution >= 4 is 23.2 Å². The van der Waals surface area contributed by atoms with Gasteiger partial charge in [0.25, 0.3) is 0 Å². The van der Waals surface area contributed by atoms with Gasteiger partial charge in [-0.3, -0.25) is 0 Å². The highest BCUT2D eigenvalue weighted by Crippen LogP contribution is 2.59. The lowest BCUT2D eigenvalue weighted by Crippen LogP contribution is -3.00. The first-order valence-electron chi connectivity index (χ1n) is 10.2. The van der Waals surface area contributed by atoms with Crippen molar-refractivity contribution in [1.29, 1.82) is 0 Å². The second-order valence-electron chi connectivity index (χ2n) is 7.13. The third-order valence-corrected chi connectivity index (χ3v) is 9.66. The Morgan fingerprint density at radius 2 is 1.10 bits per heavy atom. The van der Waals surface area contributed by atoms with Crippen LogP contribution < -0.4 is 37.6 Å².